The molecule has 1 N–H and O–H groups in total. The molecule has 1 aliphatic heterocycles. The predicted octanol–water partition coefficient (Wildman–Crippen LogP) is 4.17. The number of fused-ring (bicyclic) bond motifs is 1. The molecule has 31 heavy (non-hydrogen) atoms. The molecule has 9 heteroatoms. The van der Waals surface area contributed by atoms with Crippen molar-refractivity contribution in [3.63, 3.8) is 0 Å². The number of likely N-dealkylation sites (tertiary alicyclic amines) is 1. The molecule has 2 aromatic heterocycles. The third kappa shape index (κ3) is 4.96. The Balaban J connectivity index is 1.56. The van der Waals surface area contributed by atoms with Gasteiger partial charge in [0.25, 0.3) is 0 Å². The van der Waals surface area contributed by atoms with Crippen LogP contribution in [0.3, 0.4) is 0 Å². The van der Waals surface area contributed by atoms with Crippen molar-refractivity contribution in [2.75, 3.05) is 18.4 Å². The number of hydrogen-bond donors (Lipinski definition) is 1. The van der Waals surface area contributed by atoms with Crippen molar-refractivity contribution >= 4 is 35.1 Å². The van der Waals surface area contributed by atoms with Crippen molar-refractivity contribution in [2.24, 2.45) is 0 Å². The Morgan fingerprint density at radius 1 is 1.23 bits per heavy atom. The van der Waals surface area contributed by atoms with E-state index in [0.29, 0.717) is 28.6 Å². The van der Waals surface area contributed by atoms with E-state index < -0.39 is 6.09 Å². The third-order valence-corrected chi connectivity index (χ3v) is 5.35. The lowest BCUT2D eigenvalue weighted by atomic mass is 10.1. The Hall–Kier alpha value is -3.13. The first-order chi connectivity index (χ1) is 14.9. The number of nitrogens with one attached hydrogen (secondary N) is 1. The fourth-order valence-electron chi connectivity index (χ4n) is 3.57. The van der Waals surface area contributed by atoms with E-state index in [1.54, 1.807) is 36.7 Å². The van der Waals surface area contributed by atoms with Crippen LogP contribution in [0, 0.1) is 0 Å². The van der Waals surface area contributed by atoms with Crippen LogP contribution in [0.25, 0.3) is 17.0 Å². The summed E-state index contributed by atoms with van der Waals surface area (Å²) in [6, 6.07) is 5.56. The molecular formula is C22H24ClN5O3. The van der Waals surface area contributed by atoms with Crippen LogP contribution in [0.2, 0.25) is 5.02 Å². The first-order valence-corrected chi connectivity index (χ1v) is 10.7. The molecule has 8 nitrogen and oxygen atoms in total. The molecule has 162 valence electrons. The SMILES string of the molecule is CC(C)OC(=O)Nc1cnc2nc(-c3cc(CC(=O)N4CCCC4)ccc3Cl)cn2c1. The third-order valence-electron chi connectivity index (χ3n) is 5.02. The Bertz CT molecular complexity index is 1120. The largest absolute Gasteiger partial charge is 0.447 e. The van der Waals surface area contributed by atoms with Crippen molar-refractivity contribution in [3.05, 3.63) is 47.4 Å². The number of anilines is 1. The number of rotatable bonds is 5. The lowest BCUT2D eigenvalue weighted by Gasteiger charge is -2.15. The molecule has 4 rings (SSSR count). The molecule has 3 heterocycles. The van der Waals surface area contributed by atoms with Crippen molar-refractivity contribution in [1.82, 2.24) is 19.3 Å². The predicted molar refractivity (Wildman–Crippen MR) is 118 cm³/mol. The Morgan fingerprint density at radius 2 is 2.00 bits per heavy atom. The van der Waals surface area contributed by atoms with Gasteiger partial charge in [-0.2, -0.15) is 0 Å². The van der Waals surface area contributed by atoms with Crippen LogP contribution in [0.4, 0.5) is 10.5 Å². The second-order valence-electron chi connectivity index (χ2n) is 7.83. The Kier molecular flexibility index (Phi) is 6.08. The molecule has 0 radical (unpaired) electrons. The van der Waals surface area contributed by atoms with Gasteiger partial charge in [0, 0.05) is 31.0 Å². The average molecular weight is 442 g/mol. The minimum Gasteiger partial charge on any atom is -0.447 e. The molecule has 1 saturated heterocycles. The number of ether oxygens (including phenoxy) is 1. The van der Waals surface area contributed by atoms with Gasteiger partial charge in [0.15, 0.2) is 0 Å². The van der Waals surface area contributed by atoms with Crippen molar-refractivity contribution < 1.29 is 14.3 Å². The van der Waals surface area contributed by atoms with Crippen LogP contribution in [0.1, 0.15) is 32.3 Å². The zero-order chi connectivity index (χ0) is 22.0. The monoisotopic (exact) mass is 441 g/mol. The molecule has 0 bridgehead atoms. The molecule has 1 aliphatic rings. The molecule has 0 aliphatic carbocycles. The summed E-state index contributed by atoms with van der Waals surface area (Å²) in [5.41, 5.74) is 2.74. The molecule has 3 aromatic rings. The number of amides is 2. The molecule has 0 unspecified atom stereocenters. The summed E-state index contributed by atoms with van der Waals surface area (Å²) in [4.78, 5) is 35.0. The number of carbonyl (C=O) groups excluding carboxylic acids is 2. The highest BCUT2D eigenvalue weighted by atomic mass is 35.5. The van der Waals surface area contributed by atoms with Crippen molar-refractivity contribution in [2.45, 2.75) is 39.2 Å². The van der Waals surface area contributed by atoms with Gasteiger partial charge in [0.2, 0.25) is 11.7 Å². The topological polar surface area (TPSA) is 88.8 Å². The standard InChI is InChI=1S/C22H24ClN5O3/c1-14(2)31-22(30)25-16-11-24-21-26-19(13-28(21)12-16)17-9-15(5-6-18(17)23)10-20(29)27-7-3-4-8-27/h5-6,9,11-14H,3-4,7-8,10H2,1-2H3,(H,25,30). The van der Waals surface area contributed by atoms with Gasteiger partial charge in [-0.15, -0.1) is 0 Å². The highest BCUT2D eigenvalue weighted by Gasteiger charge is 2.19. The fourth-order valence-corrected chi connectivity index (χ4v) is 3.79. The molecule has 0 saturated carbocycles. The number of carbonyl (C=O) groups is 2. The molecule has 0 spiro atoms. The summed E-state index contributed by atoms with van der Waals surface area (Å²) in [6.45, 7) is 5.22. The van der Waals surface area contributed by atoms with Crippen LogP contribution in [0.15, 0.2) is 36.8 Å². The smallest absolute Gasteiger partial charge is 0.411 e. The zero-order valence-corrected chi connectivity index (χ0v) is 18.2. The van der Waals surface area contributed by atoms with E-state index in [1.165, 1.54) is 6.20 Å². The van der Waals surface area contributed by atoms with Gasteiger partial charge in [0.05, 0.1) is 35.1 Å². The average Bonchev–Trinajstić information content (AvgIpc) is 3.38. The molecule has 2 amide bonds. The maximum absolute atomic E-state index is 12.5. The number of halogens is 1. The summed E-state index contributed by atoms with van der Waals surface area (Å²) in [5.74, 6) is 0.596. The number of aromatic nitrogens is 3. The van der Waals surface area contributed by atoms with Gasteiger partial charge < -0.3 is 9.64 Å². The van der Waals surface area contributed by atoms with Gasteiger partial charge in [-0.25, -0.2) is 14.8 Å². The Labute approximate surface area is 185 Å². The van der Waals surface area contributed by atoms with E-state index in [-0.39, 0.29) is 12.0 Å². The summed E-state index contributed by atoms with van der Waals surface area (Å²) in [5, 5.41) is 3.18. The maximum atomic E-state index is 12.5. The Morgan fingerprint density at radius 3 is 2.74 bits per heavy atom. The van der Waals surface area contributed by atoms with Crippen LogP contribution in [-0.2, 0) is 16.0 Å². The first-order valence-electron chi connectivity index (χ1n) is 10.3. The number of imidazole rings is 1. The van der Waals surface area contributed by atoms with Gasteiger partial charge in [-0.05, 0) is 44.4 Å². The molecule has 1 fully saturated rings. The number of nitrogens with zero attached hydrogens (tertiary/aromatic N) is 4. The van der Waals surface area contributed by atoms with Crippen LogP contribution < -0.4 is 5.32 Å². The highest BCUT2D eigenvalue weighted by molar-refractivity contribution is 6.33. The van der Waals surface area contributed by atoms with E-state index in [4.69, 9.17) is 16.3 Å². The highest BCUT2D eigenvalue weighted by Crippen LogP contribution is 2.29. The maximum Gasteiger partial charge on any atom is 0.411 e. The van der Waals surface area contributed by atoms with E-state index in [9.17, 15) is 9.59 Å². The van der Waals surface area contributed by atoms with Crippen LogP contribution >= 0.6 is 11.6 Å². The van der Waals surface area contributed by atoms with Crippen molar-refractivity contribution in [3.8, 4) is 11.3 Å². The summed E-state index contributed by atoms with van der Waals surface area (Å²) in [7, 11) is 0. The number of benzene rings is 1. The summed E-state index contributed by atoms with van der Waals surface area (Å²) in [6.07, 6.45) is 6.71. The minimum atomic E-state index is -0.546. The first kappa shape index (κ1) is 21.1. The molecule has 1 aromatic carbocycles. The van der Waals surface area contributed by atoms with Crippen molar-refractivity contribution in [1.29, 1.82) is 0 Å². The van der Waals surface area contributed by atoms with E-state index in [0.717, 1.165) is 37.1 Å². The molecule has 0 atom stereocenters. The van der Waals surface area contributed by atoms with Gasteiger partial charge >= 0.3 is 6.09 Å². The summed E-state index contributed by atoms with van der Waals surface area (Å²) >= 11 is 6.43. The van der Waals surface area contributed by atoms with Crippen LogP contribution in [-0.4, -0.2) is 50.5 Å². The van der Waals surface area contributed by atoms with Gasteiger partial charge in [0.1, 0.15) is 0 Å². The summed E-state index contributed by atoms with van der Waals surface area (Å²) < 4.78 is 6.79. The van der Waals surface area contributed by atoms with E-state index >= 15 is 0 Å². The quantitative estimate of drug-likeness (QED) is 0.641. The number of hydrogen-bond acceptors (Lipinski definition) is 5. The minimum absolute atomic E-state index is 0.131. The normalized spacial score (nSPS) is 13.7. The zero-order valence-electron chi connectivity index (χ0n) is 17.5. The second-order valence-corrected chi connectivity index (χ2v) is 8.24. The van der Waals surface area contributed by atoms with E-state index in [1.807, 2.05) is 17.0 Å². The van der Waals surface area contributed by atoms with E-state index in [2.05, 4.69) is 15.3 Å². The second kappa shape index (κ2) is 8.93. The van der Waals surface area contributed by atoms with Gasteiger partial charge in [-0.3, -0.25) is 14.5 Å². The lowest BCUT2D eigenvalue weighted by molar-refractivity contribution is -0.129. The van der Waals surface area contributed by atoms with Gasteiger partial charge in [-0.1, -0.05) is 17.7 Å². The fraction of sp³-hybridized carbons (Fsp3) is 0.364. The van der Waals surface area contributed by atoms with Crippen LogP contribution in [0.5, 0.6) is 0 Å². The lowest BCUT2D eigenvalue weighted by Crippen LogP contribution is -2.29. The molecular weight excluding hydrogens is 418 g/mol.